The number of esters is 1. The van der Waals surface area contributed by atoms with Gasteiger partial charge in [0.2, 0.25) is 0 Å². The summed E-state index contributed by atoms with van der Waals surface area (Å²) < 4.78 is 345. The molecule has 0 N–H and O–H groups in total. The van der Waals surface area contributed by atoms with E-state index in [0.29, 0.717) is 12.8 Å². The molecule has 6 heterocycles. The number of aliphatic imine (C=N–C) groups is 2. The van der Waals surface area contributed by atoms with Crippen LogP contribution in [-0.4, -0.2) is 30.6 Å². The summed E-state index contributed by atoms with van der Waals surface area (Å²) in [4.78, 5) is 21.9. The molecule has 0 unspecified atom stereocenters. The molecule has 0 radical (unpaired) electrons. The Balaban J connectivity index is 0.000000204. The number of carbonyl (C=O) groups excluding carboxylic acids is 1. The van der Waals surface area contributed by atoms with Crippen LogP contribution in [0.2, 0.25) is 0 Å². The molecule has 1 aliphatic carbocycles. The van der Waals surface area contributed by atoms with Crippen LogP contribution >= 0.6 is 0 Å². The van der Waals surface area contributed by atoms with Gasteiger partial charge in [-0.05, 0) is 149 Å². The predicted octanol–water partition coefficient (Wildman–Crippen LogP) is 25.6. The Bertz CT molecular complexity index is 5220. The smallest absolute Gasteiger partial charge is 0.469 e. The molecule has 6 aliphatic heterocycles. The maximum absolute atomic E-state index is 14.2. The number of hydrogen-bond acceptors (Lipinski definition) is 4. The third kappa shape index (κ3) is 18.9. The minimum absolute atomic E-state index is 0. The number of rotatable bonds is 6. The van der Waals surface area contributed by atoms with Crippen LogP contribution < -0.4 is 21.9 Å². The SMILES string of the molecule is Cc1cc2c3c(c1)-c1ccc(cc1)CCc1ccc(cc1)-c1cc(C)cc(c1N=C1C(=N3)c3cccc4cccc1c34)-c1ccc(cc1)CCc1ccc-2cc1.FC(F)(F)c1cc([B-](c2cc(C(F)(F)F)cc(C(F)(F)F)c2)(c2cc(C(F)(F)F)cc(C(F)(F)F)c2)c2cc(C(F)(F)F)cc(C(F)(F)F)c2)cc(C(F)(F)F)c1.[CH2-]CCC(=O)OC.[Pd+2]. The number of alkyl halides is 24. The summed E-state index contributed by atoms with van der Waals surface area (Å²) in [6, 6.07) is 50.4. The molecule has 0 amide bonds. The van der Waals surface area contributed by atoms with E-state index in [0.717, 1.165) is 81.9 Å². The summed E-state index contributed by atoms with van der Waals surface area (Å²) >= 11 is 0. The first-order valence-corrected chi connectivity index (χ1v) is 36.7. The average molecular weight is 1790 g/mol. The first kappa shape index (κ1) is 89.0. The van der Waals surface area contributed by atoms with E-state index in [1.165, 1.54) is 73.5 Å². The van der Waals surface area contributed by atoms with Gasteiger partial charge in [-0.2, -0.15) is 134 Å². The Kier molecular flexibility index (Phi) is 24.5. The van der Waals surface area contributed by atoms with Crippen LogP contribution in [0.25, 0.3) is 55.3 Å². The van der Waals surface area contributed by atoms with Crippen LogP contribution in [0.15, 0.2) is 241 Å². The van der Waals surface area contributed by atoms with Gasteiger partial charge in [-0.15, -0.1) is 0 Å². The summed E-state index contributed by atoms with van der Waals surface area (Å²) in [6.07, 6.45) is -49.8. The second-order valence-electron chi connectivity index (χ2n) is 29.2. The normalized spacial score (nSPS) is 13.6. The third-order valence-electron chi connectivity index (χ3n) is 21.1. The molecule has 628 valence electrons. The number of benzene rings is 12. The number of halogens is 24. The number of hydrogen-bond donors (Lipinski definition) is 0. The zero-order valence-electron chi connectivity index (χ0n) is 63.1. The van der Waals surface area contributed by atoms with Crippen LogP contribution in [-0.2, 0) is 105 Å². The fourth-order valence-electron chi connectivity index (χ4n) is 15.4. The fraction of sp³-hybridized carbons (Fsp3) is 0.187. The molecule has 7 aliphatic rings. The Labute approximate surface area is 689 Å². The zero-order valence-corrected chi connectivity index (χ0v) is 64.6. The Morgan fingerprint density at radius 2 is 0.554 bits per heavy atom. The molecule has 0 atom stereocenters. The van der Waals surface area contributed by atoms with Gasteiger partial charge in [0.15, 0.2) is 0 Å². The monoisotopic (exact) mass is 1790 g/mol. The average Bonchev–Trinajstić information content (AvgIpc) is 1.25. The molecule has 0 aromatic heterocycles. The van der Waals surface area contributed by atoms with Crippen LogP contribution in [0.3, 0.4) is 0 Å². The molecule has 12 aromatic carbocycles. The second kappa shape index (κ2) is 33.3. The molecule has 121 heavy (non-hydrogen) atoms. The second-order valence-corrected chi connectivity index (χ2v) is 29.2. The van der Waals surface area contributed by atoms with E-state index in [2.05, 4.69) is 183 Å². The quantitative estimate of drug-likeness (QED) is 0.0721. The first-order valence-electron chi connectivity index (χ1n) is 36.7. The van der Waals surface area contributed by atoms with E-state index in [1.54, 1.807) is 0 Å². The molecule has 10 bridgehead atoms. The molecule has 0 saturated heterocycles. The van der Waals surface area contributed by atoms with Crippen LogP contribution in [0.4, 0.5) is 117 Å². The van der Waals surface area contributed by atoms with Crippen molar-refractivity contribution in [3.05, 3.63) is 326 Å². The van der Waals surface area contributed by atoms with Crippen molar-refractivity contribution in [2.45, 2.75) is 102 Å². The largest absolute Gasteiger partial charge is 2.00 e. The molecular formula is C91H61BF24N2O2Pd. The van der Waals surface area contributed by atoms with E-state index in [1.807, 2.05) is 0 Å². The maximum atomic E-state index is 14.2. The van der Waals surface area contributed by atoms with Crippen molar-refractivity contribution in [3.63, 3.8) is 0 Å². The van der Waals surface area contributed by atoms with Crippen molar-refractivity contribution in [1.82, 2.24) is 0 Å². The van der Waals surface area contributed by atoms with Crippen LogP contribution in [0.5, 0.6) is 0 Å². The van der Waals surface area contributed by atoms with Crippen molar-refractivity contribution in [2.24, 2.45) is 9.98 Å². The number of fused-ring (bicyclic) bond motifs is 4. The molecule has 30 heteroatoms. The summed E-state index contributed by atoms with van der Waals surface area (Å²) in [7, 11) is 1.37. The van der Waals surface area contributed by atoms with Crippen molar-refractivity contribution in [1.29, 1.82) is 0 Å². The minimum Gasteiger partial charge on any atom is -0.469 e. The Morgan fingerprint density at radius 3 is 0.744 bits per heavy atom. The van der Waals surface area contributed by atoms with Gasteiger partial charge in [0.25, 0.3) is 0 Å². The van der Waals surface area contributed by atoms with Gasteiger partial charge in [-0.25, -0.2) is 9.98 Å². The van der Waals surface area contributed by atoms with Crippen molar-refractivity contribution < 1.29 is 135 Å². The van der Waals surface area contributed by atoms with Gasteiger partial charge in [0.1, 0.15) is 6.15 Å². The number of aryl methyl sites for hydroxylation is 6. The summed E-state index contributed by atoms with van der Waals surface area (Å²) in [5.41, 5.74) is -7.26. The van der Waals surface area contributed by atoms with Gasteiger partial charge in [-0.1, -0.05) is 182 Å². The number of nitrogens with zero attached hydrogens (tertiary/aromatic N) is 2. The van der Waals surface area contributed by atoms with E-state index in [-0.39, 0.29) is 26.4 Å². The molecule has 0 saturated carbocycles. The number of carbonyl (C=O) groups is 1. The van der Waals surface area contributed by atoms with Gasteiger partial charge in [-0.3, -0.25) is 4.79 Å². The van der Waals surface area contributed by atoms with E-state index >= 15 is 0 Å². The summed E-state index contributed by atoms with van der Waals surface area (Å²) in [5, 5.41) is 2.40. The molecule has 4 nitrogen and oxygen atoms in total. The maximum Gasteiger partial charge on any atom is 2.00 e. The molecule has 12 aromatic rings. The number of ether oxygens (including phenoxy) is 1. The van der Waals surface area contributed by atoms with E-state index in [4.69, 9.17) is 9.98 Å². The molecular weight excluding hydrogens is 1730 g/mol. The van der Waals surface area contributed by atoms with Crippen LogP contribution in [0, 0.1) is 20.8 Å². The molecule has 19 rings (SSSR count). The van der Waals surface area contributed by atoms with E-state index < -0.39 is 195 Å². The van der Waals surface area contributed by atoms with Crippen molar-refractivity contribution >= 4 is 67.5 Å². The Hall–Kier alpha value is -11.2. The van der Waals surface area contributed by atoms with Crippen molar-refractivity contribution in [2.75, 3.05) is 7.11 Å². The third-order valence-corrected chi connectivity index (χ3v) is 21.1. The van der Waals surface area contributed by atoms with Crippen molar-refractivity contribution in [3.8, 4) is 44.5 Å². The standard InChI is InChI=1S/C54H40N2.C32H12BF24.C5H9O2.Pd/c1-33-29-46-39-21-13-35(14-22-39)9-11-37-17-25-41(26-18-37)48-31-34(2)32-49-42-27-19-38(20-28-42)12-10-36-15-23-40(24-16-36)47(30-33)51(46)55-53-44-7-3-5-43-6-4-8-45(50(43)44)54(53)56-52(48)49;34-25(35,36)13-1-14(26(37,38)39)6-21(5-13)33(22-7-15(27(40,41)42)2-16(8-22)28(43,44)45,23-9-17(29(46,47)48)3-18(10-23)30(49,50)51)24-11-19(31(52,53)54)4-20(12-24)32(55,56)57;1-3-4-5(6)7-2;/h3-8,13-32H,9-12H2,1-2H3;1-12H;1,3-4H2,2H3;/q;2*-1;+2. The molecule has 0 spiro atoms. The fourth-order valence-corrected chi connectivity index (χ4v) is 15.4. The topological polar surface area (TPSA) is 51.0 Å². The van der Waals surface area contributed by atoms with Gasteiger partial charge in [0.05, 0.1) is 74.4 Å². The van der Waals surface area contributed by atoms with Gasteiger partial charge in [0, 0.05) is 45.2 Å². The van der Waals surface area contributed by atoms with Crippen LogP contribution in [0.1, 0.15) is 102 Å². The minimum atomic E-state index is -6.13. The summed E-state index contributed by atoms with van der Waals surface area (Å²) in [5.74, 6) is -0.185. The zero-order chi connectivity index (χ0) is 86.9. The van der Waals surface area contributed by atoms with Gasteiger partial charge >= 0.3 is 75.8 Å². The summed E-state index contributed by atoms with van der Waals surface area (Å²) in [6.45, 7) is 7.89. The van der Waals surface area contributed by atoms with Gasteiger partial charge < -0.3 is 11.7 Å². The molecule has 0 fully saturated rings. The first-order chi connectivity index (χ1) is 56.1. The number of methoxy groups -OCH3 is 1. The predicted molar refractivity (Wildman–Crippen MR) is 412 cm³/mol. The Morgan fingerprint density at radius 1 is 0.331 bits per heavy atom. The van der Waals surface area contributed by atoms with E-state index in [9.17, 15) is 110 Å².